The second kappa shape index (κ2) is 5.43. The average molecular weight is 278 g/mol. The standard InChI is InChI=1S/C15H16ClNS/c16-13-5-2-1-4-12(13)10-17-15(11-7-8-11)14-6-3-9-18-14/h1-6,9,11,15,17H,7-8,10H2. The van der Waals surface area contributed by atoms with Crippen molar-refractivity contribution in [1.29, 1.82) is 0 Å². The van der Waals surface area contributed by atoms with E-state index in [1.807, 2.05) is 29.5 Å². The second-order valence-corrected chi connectivity index (χ2v) is 6.19. The summed E-state index contributed by atoms with van der Waals surface area (Å²) in [5, 5.41) is 6.67. The maximum Gasteiger partial charge on any atom is 0.0450 e. The van der Waals surface area contributed by atoms with Crippen molar-refractivity contribution < 1.29 is 0 Å². The lowest BCUT2D eigenvalue weighted by Gasteiger charge is -2.17. The minimum absolute atomic E-state index is 0.501. The molecule has 1 fully saturated rings. The van der Waals surface area contributed by atoms with Gasteiger partial charge in [0.1, 0.15) is 0 Å². The molecule has 0 spiro atoms. The van der Waals surface area contributed by atoms with Gasteiger partial charge < -0.3 is 5.32 Å². The van der Waals surface area contributed by atoms with Crippen LogP contribution in [0, 0.1) is 5.92 Å². The fraction of sp³-hybridized carbons (Fsp3) is 0.333. The number of benzene rings is 1. The Morgan fingerprint density at radius 2 is 2.06 bits per heavy atom. The molecule has 0 amide bonds. The van der Waals surface area contributed by atoms with Crippen molar-refractivity contribution in [3.63, 3.8) is 0 Å². The maximum atomic E-state index is 6.19. The van der Waals surface area contributed by atoms with Crippen molar-refractivity contribution in [1.82, 2.24) is 5.32 Å². The predicted molar refractivity (Wildman–Crippen MR) is 78.1 cm³/mol. The van der Waals surface area contributed by atoms with Crippen LogP contribution >= 0.6 is 22.9 Å². The molecule has 0 saturated heterocycles. The molecule has 1 nitrogen and oxygen atoms in total. The van der Waals surface area contributed by atoms with E-state index >= 15 is 0 Å². The van der Waals surface area contributed by atoms with E-state index in [4.69, 9.17) is 11.6 Å². The van der Waals surface area contributed by atoms with Crippen LogP contribution < -0.4 is 5.32 Å². The summed E-state index contributed by atoms with van der Waals surface area (Å²) < 4.78 is 0. The Morgan fingerprint density at radius 1 is 1.22 bits per heavy atom. The first-order valence-corrected chi connectivity index (χ1v) is 7.60. The van der Waals surface area contributed by atoms with Gasteiger partial charge in [-0.25, -0.2) is 0 Å². The summed E-state index contributed by atoms with van der Waals surface area (Å²) in [6, 6.07) is 12.9. The Bertz CT molecular complexity index is 505. The predicted octanol–water partition coefficient (Wildman–Crippen LogP) is 4.64. The van der Waals surface area contributed by atoms with Crippen molar-refractivity contribution in [2.45, 2.75) is 25.4 Å². The van der Waals surface area contributed by atoms with Gasteiger partial charge in [-0.05, 0) is 41.8 Å². The molecule has 0 aliphatic heterocycles. The summed E-state index contributed by atoms with van der Waals surface area (Å²) in [6.45, 7) is 0.846. The summed E-state index contributed by atoms with van der Waals surface area (Å²) in [4.78, 5) is 1.45. The average Bonchev–Trinajstić information content (AvgIpc) is 3.07. The Morgan fingerprint density at radius 3 is 2.72 bits per heavy atom. The molecule has 1 aliphatic carbocycles. The number of thiophene rings is 1. The summed E-state index contributed by atoms with van der Waals surface area (Å²) in [5.74, 6) is 0.811. The first-order valence-electron chi connectivity index (χ1n) is 6.35. The van der Waals surface area contributed by atoms with Crippen LogP contribution in [0.15, 0.2) is 41.8 Å². The molecular weight excluding hydrogens is 262 g/mol. The van der Waals surface area contributed by atoms with Crippen LogP contribution in [0.5, 0.6) is 0 Å². The molecule has 1 unspecified atom stereocenters. The molecule has 18 heavy (non-hydrogen) atoms. The molecule has 1 aliphatic rings. The van der Waals surface area contributed by atoms with Gasteiger partial charge in [0.25, 0.3) is 0 Å². The zero-order chi connectivity index (χ0) is 12.4. The fourth-order valence-electron chi connectivity index (χ4n) is 2.26. The van der Waals surface area contributed by atoms with Gasteiger partial charge in [-0.2, -0.15) is 0 Å². The lowest BCUT2D eigenvalue weighted by Crippen LogP contribution is -2.21. The number of nitrogens with one attached hydrogen (secondary N) is 1. The van der Waals surface area contributed by atoms with Crippen LogP contribution in [-0.4, -0.2) is 0 Å². The molecule has 2 aromatic rings. The molecule has 1 N–H and O–H groups in total. The minimum Gasteiger partial charge on any atom is -0.305 e. The Kier molecular flexibility index (Phi) is 3.69. The summed E-state index contributed by atoms with van der Waals surface area (Å²) in [5.41, 5.74) is 1.18. The molecule has 0 radical (unpaired) electrons. The van der Waals surface area contributed by atoms with E-state index in [1.165, 1.54) is 23.3 Å². The van der Waals surface area contributed by atoms with Crippen LogP contribution in [0.3, 0.4) is 0 Å². The summed E-state index contributed by atoms with van der Waals surface area (Å²) >= 11 is 8.03. The molecular formula is C15H16ClNS. The Hall–Kier alpha value is -0.830. The quantitative estimate of drug-likeness (QED) is 0.839. The normalized spacial score (nSPS) is 16.7. The molecule has 1 atom stereocenters. The Balaban J connectivity index is 1.69. The molecule has 3 heteroatoms. The van der Waals surface area contributed by atoms with Crippen LogP contribution in [0.1, 0.15) is 29.3 Å². The van der Waals surface area contributed by atoms with Gasteiger partial charge in [0, 0.05) is 22.5 Å². The fourth-order valence-corrected chi connectivity index (χ4v) is 3.36. The van der Waals surface area contributed by atoms with Crippen molar-refractivity contribution in [2.24, 2.45) is 5.92 Å². The van der Waals surface area contributed by atoms with Gasteiger partial charge in [0.15, 0.2) is 0 Å². The topological polar surface area (TPSA) is 12.0 Å². The van der Waals surface area contributed by atoms with Gasteiger partial charge in [-0.3, -0.25) is 0 Å². The zero-order valence-electron chi connectivity index (χ0n) is 10.1. The molecule has 1 saturated carbocycles. The van der Waals surface area contributed by atoms with E-state index in [2.05, 4.69) is 28.9 Å². The minimum atomic E-state index is 0.501. The van der Waals surface area contributed by atoms with Gasteiger partial charge in [-0.15, -0.1) is 11.3 Å². The molecule has 1 aromatic carbocycles. The van der Waals surface area contributed by atoms with E-state index in [9.17, 15) is 0 Å². The van der Waals surface area contributed by atoms with E-state index in [-0.39, 0.29) is 0 Å². The summed E-state index contributed by atoms with van der Waals surface area (Å²) in [6.07, 6.45) is 2.69. The lowest BCUT2D eigenvalue weighted by atomic mass is 10.1. The highest BCUT2D eigenvalue weighted by molar-refractivity contribution is 7.10. The third-order valence-corrected chi connectivity index (χ3v) is 4.74. The third kappa shape index (κ3) is 2.77. The van der Waals surface area contributed by atoms with Crippen LogP contribution in [0.4, 0.5) is 0 Å². The Labute approximate surface area is 117 Å². The van der Waals surface area contributed by atoms with Crippen molar-refractivity contribution >= 4 is 22.9 Å². The number of halogens is 1. The molecule has 0 bridgehead atoms. The van der Waals surface area contributed by atoms with Crippen molar-refractivity contribution in [3.8, 4) is 0 Å². The van der Waals surface area contributed by atoms with Gasteiger partial charge >= 0.3 is 0 Å². The molecule has 94 valence electrons. The number of rotatable bonds is 5. The molecule has 1 heterocycles. The monoisotopic (exact) mass is 277 g/mol. The van der Waals surface area contributed by atoms with Crippen molar-refractivity contribution in [2.75, 3.05) is 0 Å². The first kappa shape index (κ1) is 12.2. The highest BCUT2D eigenvalue weighted by Crippen LogP contribution is 2.42. The lowest BCUT2D eigenvalue weighted by molar-refractivity contribution is 0.487. The first-order chi connectivity index (χ1) is 8.84. The second-order valence-electron chi connectivity index (χ2n) is 4.80. The highest BCUT2D eigenvalue weighted by Gasteiger charge is 2.32. The van der Waals surface area contributed by atoms with Gasteiger partial charge in [-0.1, -0.05) is 35.9 Å². The third-order valence-electron chi connectivity index (χ3n) is 3.41. The van der Waals surface area contributed by atoms with Crippen LogP contribution in [-0.2, 0) is 6.54 Å². The molecule has 3 rings (SSSR count). The van der Waals surface area contributed by atoms with Crippen LogP contribution in [0.2, 0.25) is 5.02 Å². The smallest absolute Gasteiger partial charge is 0.0450 e. The zero-order valence-corrected chi connectivity index (χ0v) is 11.7. The summed E-state index contributed by atoms with van der Waals surface area (Å²) in [7, 11) is 0. The largest absolute Gasteiger partial charge is 0.305 e. The number of hydrogen-bond donors (Lipinski definition) is 1. The highest BCUT2D eigenvalue weighted by atomic mass is 35.5. The van der Waals surface area contributed by atoms with E-state index in [0.29, 0.717) is 6.04 Å². The van der Waals surface area contributed by atoms with Gasteiger partial charge in [0.05, 0.1) is 0 Å². The molecule has 1 aromatic heterocycles. The number of hydrogen-bond acceptors (Lipinski definition) is 2. The van der Waals surface area contributed by atoms with Crippen LogP contribution in [0.25, 0.3) is 0 Å². The SMILES string of the molecule is Clc1ccccc1CNC(c1cccs1)C1CC1. The van der Waals surface area contributed by atoms with Gasteiger partial charge in [0.2, 0.25) is 0 Å². The van der Waals surface area contributed by atoms with E-state index < -0.39 is 0 Å². The maximum absolute atomic E-state index is 6.19. The van der Waals surface area contributed by atoms with E-state index in [0.717, 1.165) is 17.5 Å². The van der Waals surface area contributed by atoms with Crippen molar-refractivity contribution in [3.05, 3.63) is 57.2 Å². The van der Waals surface area contributed by atoms with E-state index in [1.54, 1.807) is 0 Å².